The number of aliphatic carboxylic acids is 4. The molecule has 0 radical (unpaired) electrons. The number of rotatable bonds is 18. The summed E-state index contributed by atoms with van der Waals surface area (Å²) in [6.07, 6.45) is 0. The highest BCUT2D eigenvalue weighted by Gasteiger charge is 2.29. The van der Waals surface area contributed by atoms with E-state index >= 15 is 0 Å². The van der Waals surface area contributed by atoms with Gasteiger partial charge in [-0.2, -0.15) is 0 Å². The van der Waals surface area contributed by atoms with Gasteiger partial charge in [0, 0.05) is 35.2 Å². The molecule has 0 fully saturated rings. The van der Waals surface area contributed by atoms with Crippen molar-refractivity contribution in [2.24, 2.45) is 0 Å². The summed E-state index contributed by atoms with van der Waals surface area (Å²) in [6, 6.07) is 5.33. The normalized spacial score (nSPS) is 11.2. The van der Waals surface area contributed by atoms with Crippen LogP contribution in [0, 0.1) is 11.6 Å². The van der Waals surface area contributed by atoms with Gasteiger partial charge in [-0.3, -0.25) is 28.9 Å². The first-order valence-corrected chi connectivity index (χ1v) is 14.7. The Bertz CT molecular complexity index is 1970. The lowest BCUT2D eigenvalue weighted by Crippen LogP contribution is -2.38. The van der Waals surface area contributed by atoms with E-state index < -0.39 is 85.5 Å². The van der Waals surface area contributed by atoms with Crippen LogP contribution in [-0.2, 0) is 23.9 Å². The summed E-state index contributed by atoms with van der Waals surface area (Å²) >= 11 is 0. The largest absolute Gasteiger partial charge is 0.505 e. The number of fused-ring (bicyclic) bond motifs is 2. The summed E-state index contributed by atoms with van der Waals surface area (Å²) in [5, 5.41) is 67.9. The molecule has 7 N–H and O–H groups in total. The molecule has 20 heteroatoms. The molecule has 0 atom stereocenters. The van der Waals surface area contributed by atoms with Crippen LogP contribution in [-0.4, -0.2) is 124 Å². The van der Waals surface area contributed by atoms with Crippen LogP contribution in [0.25, 0.3) is 33.4 Å². The summed E-state index contributed by atoms with van der Waals surface area (Å²) in [7, 11) is -2.37. The molecule has 2 aromatic rings. The molecule has 1 aliphatic heterocycles. The van der Waals surface area contributed by atoms with Crippen molar-refractivity contribution < 1.29 is 77.4 Å². The Morgan fingerprint density at radius 2 is 1.39 bits per heavy atom. The lowest BCUT2D eigenvalue weighted by atomic mass is 9.73. The van der Waals surface area contributed by atoms with Crippen molar-refractivity contribution in [1.82, 2.24) is 4.90 Å². The van der Waals surface area contributed by atoms with Crippen molar-refractivity contribution in [2.45, 2.75) is 0 Å². The Balaban J connectivity index is 1.85. The lowest BCUT2D eigenvalue weighted by Gasteiger charge is -2.26. The van der Waals surface area contributed by atoms with Gasteiger partial charge in [-0.1, -0.05) is 0 Å². The maximum Gasteiger partial charge on any atom is 0.489 e. The van der Waals surface area contributed by atoms with Gasteiger partial charge in [-0.15, -0.1) is 0 Å². The number of carboxylic acid groups (broad SMARTS) is 4. The summed E-state index contributed by atoms with van der Waals surface area (Å²) in [5.41, 5.74) is -2.54. The average Bonchev–Trinajstić information content (AvgIpc) is 3.01. The van der Waals surface area contributed by atoms with Crippen LogP contribution in [0.1, 0.15) is 0 Å². The van der Waals surface area contributed by atoms with Crippen molar-refractivity contribution in [3.05, 3.63) is 58.3 Å². The van der Waals surface area contributed by atoms with E-state index in [1.165, 1.54) is 0 Å². The number of carbonyl (C=O) groups is 4. The first-order chi connectivity index (χ1) is 24.0. The molecule has 17 nitrogen and oxygen atoms in total. The number of phenols is 1. The monoisotopic (exact) mass is 718 g/mol. The fourth-order valence-electron chi connectivity index (χ4n) is 5.22. The predicted octanol–water partition coefficient (Wildman–Crippen LogP) is 0.0706. The molecule has 0 aromatic heterocycles. The second-order valence-electron chi connectivity index (χ2n) is 10.9. The Kier molecular flexibility index (Phi) is 12.1. The molecule has 0 saturated carbocycles. The third kappa shape index (κ3) is 9.45. The van der Waals surface area contributed by atoms with Crippen molar-refractivity contribution in [3.8, 4) is 33.9 Å². The van der Waals surface area contributed by atoms with E-state index in [1.807, 2.05) is 0 Å². The van der Waals surface area contributed by atoms with Crippen LogP contribution >= 0.6 is 0 Å². The average molecular weight is 718 g/mol. The van der Waals surface area contributed by atoms with Gasteiger partial charge in [0.15, 0.2) is 17.4 Å². The van der Waals surface area contributed by atoms with Gasteiger partial charge in [0.2, 0.25) is 5.43 Å². The molecule has 51 heavy (non-hydrogen) atoms. The molecule has 270 valence electrons. The zero-order valence-corrected chi connectivity index (χ0v) is 26.2. The first kappa shape index (κ1) is 38.0. The Morgan fingerprint density at radius 1 is 0.765 bits per heavy atom. The van der Waals surface area contributed by atoms with Crippen LogP contribution in [0.15, 0.2) is 45.6 Å². The fraction of sp³-hybridized carbons (Fsp3) is 0.258. The third-order valence-corrected chi connectivity index (χ3v) is 7.27. The van der Waals surface area contributed by atoms with E-state index in [4.69, 9.17) is 24.1 Å². The molecule has 1 heterocycles. The number of aromatic hydroxyl groups is 1. The number of carboxylic acids is 4. The summed E-state index contributed by atoms with van der Waals surface area (Å²) in [5.74, 6) is -9.29. The minimum Gasteiger partial charge on any atom is -0.505 e. The van der Waals surface area contributed by atoms with Crippen LogP contribution in [0.5, 0.6) is 11.5 Å². The van der Waals surface area contributed by atoms with Crippen molar-refractivity contribution >= 4 is 53.1 Å². The Hall–Kier alpha value is -5.83. The van der Waals surface area contributed by atoms with Crippen molar-refractivity contribution in [2.75, 3.05) is 57.4 Å². The lowest BCUT2D eigenvalue weighted by molar-refractivity contribution is -0.142. The maximum absolute atomic E-state index is 14.7. The summed E-state index contributed by atoms with van der Waals surface area (Å²) in [6.45, 7) is -3.83. The molecule has 0 spiro atoms. The molecule has 0 unspecified atom stereocenters. The van der Waals surface area contributed by atoms with Crippen molar-refractivity contribution in [1.29, 1.82) is 0 Å². The number of halogens is 2. The minimum absolute atomic E-state index is 0.102. The number of benzene rings is 3. The van der Waals surface area contributed by atoms with Crippen LogP contribution in [0.3, 0.4) is 0 Å². The Morgan fingerprint density at radius 3 is 1.98 bits per heavy atom. The number of hydrogen-bond donors (Lipinski definition) is 7. The standard InChI is InChI=1S/C31H29BF2N2O15/c33-19-5-16-24(9-22(19)37)51-25-10-23(38)20(34)6-17(25)31(16)15-7-26(50-4-3-49-2-1-35(11-27(39)40)12-28(41)42)21(8-18(15)32(47)48)36(13-29(43)44)14-30(45)46/h5-10,37,47-48H,1-4,11-14H2,(H,39,40)(H,41,42)(H,43,44)(H,45,46). The number of ether oxygens (including phenoxy) is 2. The van der Waals surface area contributed by atoms with Gasteiger partial charge >= 0.3 is 31.0 Å². The van der Waals surface area contributed by atoms with E-state index in [0.29, 0.717) is 0 Å². The van der Waals surface area contributed by atoms with Crippen molar-refractivity contribution in [3.63, 3.8) is 0 Å². The second kappa shape index (κ2) is 16.3. The smallest absolute Gasteiger partial charge is 0.489 e. The molecule has 0 bridgehead atoms. The fourth-order valence-corrected chi connectivity index (χ4v) is 5.22. The number of hydrogen-bond acceptors (Lipinski definition) is 13. The first-order valence-electron chi connectivity index (χ1n) is 14.7. The zero-order chi connectivity index (χ0) is 37.6. The molecule has 0 saturated heterocycles. The number of phenolic OH excluding ortho intramolecular Hbond substituents is 1. The second-order valence-corrected chi connectivity index (χ2v) is 10.9. The maximum atomic E-state index is 14.7. The van der Waals surface area contributed by atoms with E-state index in [-0.39, 0.29) is 71.2 Å². The molecule has 0 amide bonds. The van der Waals surface area contributed by atoms with Gasteiger partial charge in [-0.25, -0.2) is 8.78 Å². The molecular weight excluding hydrogens is 689 g/mol. The highest BCUT2D eigenvalue weighted by atomic mass is 19.1. The molecule has 2 aliphatic rings. The van der Waals surface area contributed by atoms with Crippen LogP contribution in [0.2, 0.25) is 0 Å². The van der Waals surface area contributed by atoms with E-state index in [9.17, 15) is 58.1 Å². The van der Waals surface area contributed by atoms with Gasteiger partial charge in [0.1, 0.15) is 36.8 Å². The Labute approximate surface area is 285 Å². The third-order valence-electron chi connectivity index (χ3n) is 7.27. The minimum atomic E-state index is -2.37. The number of nitrogens with zero attached hydrogens (tertiary/aromatic N) is 2. The quantitative estimate of drug-likeness (QED) is 0.0408. The zero-order valence-electron chi connectivity index (χ0n) is 26.2. The molecule has 1 aliphatic carbocycles. The number of anilines is 1. The topological polar surface area (TPSA) is 265 Å². The van der Waals surface area contributed by atoms with E-state index in [2.05, 4.69) is 0 Å². The molecule has 2 aromatic carbocycles. The van der Waals surface area contributed by atoms with Gasteiger partial charge in [0.05, 0.1) is 32.0 Å². The van der Waals surface area contributed by atoms with Gasteiger partial charge in [0.25, 0.3) is 0 Å². The highest BCUT2D eigenvalue weighted by molar-refractivity contribution is 6.61. The predicted molar refractivity (Wildman–Crippen MR) is 171 cm³/mol. The van der Waals surface area contributed by atoms with Gasteiger partial charge < -0.3 is 54.4 Å². The highest BCUT2D eigenvalue weighted by Crippen LogP contribution is 2.43. The van der Waals surface area contributed by atoms with Crippen LogP contribution < -0.4 is 20.5 Å². The van der Waals surface area contributed by atoms with E-state index in [0.717, 1.165) is 46.2 Å². The summed E-state index contributed by atoms with van der Waals surface area (Å²) < 4.78 is 46.4. The SMILES string of the molecule is O=C(O)CN(CCOCCOc1cc(-c2c3cc(F)c(=O)cc-3oc3cc(O)c(F)cc23)c(B(O)O)cc1N(CC(=O)O)CC(=O)O)CC(=O)O. The molecular formula is C31H29BF2N2O15. The van der Waals surface area contributed by atoms with Gasteiger partial charge in [-0.05, 0) is 35.3 Å². The van der Waals surface area contributed by atoms with E-state index in [1.54, 1.807) is 0 Å². The van der Waals surface area contributed by atoms with Crippen LogP contribution in [0.4, 0.5) is 14.5 Å². The summed E-state index contributed by atoms with van der Waals surface area (Å²) in [4.78, 5) is 59.6. The molecule has 4 rings (SSSR count).